The summed E-state index contributed by atoms with van der Waals surface area (Å²) in [5.41, 5.74) is 0. The van der Waals surface area contributed by atoms with Crippen molar-refractivity contribution in [2.45, 2.75) is 23.8 Å². The van der Waals surface area contributed by atoms with E-state index < -0.39 is 29.8 Å². The highest BCUT2D eigenvalue weighted by Gasteiger charge is 2.92. The number of ether oxygens (including phenoxy) is 1. The minimum atomic E-state index is -6.24. The Morgan fingerprint density at radius 1 is 0.933 bits per heavy atom. The maximum atomic E-state index is 12.7. The predicted molar refractivity (Wildman–Crippen MR) is 27.4 cm³/mol. The van der Waals surface area contributed by atoms with Gasteiger partial charge < -0.3 is 5.11 Å². The van der Waals surface area contributed by atoms with Crippen LogP contribution in [0.5, 0.6) is 0 Å². The molecular formula is C5HF7O3. The number of hydrogen-bond acceptors (Lipinski definition) is 2. The lowest BCUT2D eigenvalue weighted by molar-refractivity contribution is -0.335. The molecule has 1 saturated heterocycles. The summed E-state index contributed by atoms with van der Waals surface area (Å²) < 4.78 is 88.5. The van der Waals surface area contributed by atoms with E-state index in [9.17, 15) is 35.5 Å². The summed E-state index contributed by atoms with van der Waals surface area (Å²) in [5.74, 6) is -21.1. The number of alkyl halides is 7. The van der Waals surface area contributed by atoms with Gasteiger partial charge in [-0.3, -0.25) is 4.74 Å². The zero-order valence-electron chi connectivity index (χ0n) is 6.41. The smallest absolute Gasteiger partial charge is 0.429 e. The molecule has 15 heavy (non-hydrogen) atoms. The summed E-state index contributed by atoms with van der Waals surface area (Å²) in [4.78, 5) is 9.87. The van der Waals surface area contributed by atoms with Gasteiger partial charge in [0.15, 0.2) is 0 Å². The molecule has 1 fully saturated rings. The summed E-state index contributed by atoms with van der Waals surface area (Å²) in [6.45, 7) is 0. The predicted octanol–water partition coefficient (Wildman–Crippen LogP) is 1.63. The molecule has 0 aromatic rings. The highest BCUT2D eigenvalue weighted by Crippen LogP contribution is 2.60. The molecule has 1 N–H and O–H groups in total. The van der Waals surface area contributed by atoms with Gasteiger partial charge in [0, 0.05) is 0 Å². The molecule has 10 heteroatoms. The van der Waals surface area contributed by atoms with Gasteiger partial charge in [-0.1, -0.05) is 0 Å². The summed E-state index contributed by atoms with van der Waals surface area (Å²) in [6, 6.07) is 0. The molecule has 1 rings (SSSR count). The molecule has 1 aliphatic heterocycles. The number of rotatable bonds is 1. The van der Waals surface area contributed by atoms with Crippen molar-refractivity contribution in [1.29, 1.82) is 0 Å². The molecule has 3 nitrogen and oxygen atoms in total. The fourth-order valence-corrected chi connectivity index (χ4v) is 0.867. The summed E-state index contributed by atoms with van der Waals surface area (Å²) in [5, 5.41) is 7.83. The van der Waals surface area contributed by atoms with Crippen LogP contribution in [0.3, 0.4) is 0 Å². The Hall–Kier alpha value is -1.06. The topological polar surface area (TPSA) is 46.5 Å². The van der Waals surface area contributed by atoms with Gasteiger partial charge in [-0.25, -0.2) is 4.79 Å². The second-order valence-electron chi connectivity index (χ2n) is 2.67. The fourth-order valence-electron chi connectivity index (χ4n) is 0.867. The van der Waals surface area contributed by atoms with Crippen LogP contribution in [0.1, 0.15) is 0 Å². The van der Waals surface area contributed by atoms with Crippen molar-refractivity contribution in [2.75, 3.05) is 0 Å². The van der Waals surface area contributed by atoms with Crippen LogP contribution in [0, 0.1) is 0 Å². The van der Waals surface area contributed by atoms with Crippen LogP contribution in [0.25, 0.3) is 0 Å². The van der Waals surface area contributed by atoms with E-state index in [4.69, 9.17) is 5.11 Å². The third kappa shape index (κ3) is 1.08. The monoisotopic (exact) mass is 242 g/mol. The van der Waals surface area contributed by atoms with Crippen molar-refractivity contribution in [3.05, 3.63) is 0 Å². The fraction of sp³-hybridized carbons (Fsp3) is 0.800. The average molecular weight is 242 g/mol. The van der Waals surface area contributed by atoms with Crippen molar-refractivity contribution in [2.24, 2.45) is 0 Å². The molecule has 0 aromatic carbocycles. The first-order valence-corrected chi connectivity index (χ1v) is 3.16. The third-order valence-corrected chi connectivity index (χ3v) is 1.71. The van der Waals surface area contributed by atoms with Crippen molar-refractivity contribution >= 4 is 5.97 Å². The van der Waals surface area contributed by atoms with Crippen LogP contribution < -0.4 is 0 Å². The van der Waals surface area contributed by atoms with Crippen LogP contribution in [0.4, 0.5) is 30.7 Å². The molecule has 0 saturated carbocycles. The molecule has 0 aromatic heterocycles. The van der Waals surface area contributed by atoms with E-state index in [1.54, 1.807) is 0 Å². The number of aliphatic carboxylic acids is 1. The second kappa shape index (κ2) is 2.54. The largest absolute Gasteiger partial charge is 0.477 e. The van der Waals surface area contributed by atoms with Crippen LogP contribution in [-0.4, -0.2) is 34.9 Å². The summed E-state index contributed by atoms with van der Waals surface area (Å²) in [6.07, 6.45) is -5.90. The van der Waals surface area contributed by atoms with Gasteiger partial charge in [0.1, 0.15) is 0 Å². The van der Waals surface area contributed by atoms with Crippen LogP contribution in [-0.2, 0) is 9.53 Å². The van der Waals surface area contributed by atoms with Gasteiger partial charge in [-0.2, -0.15) is 30.7 Å². The molecular weight excluding hydrogens is 241 g/mol. The van der Waals surface area contributed by atoms with E-state index in [0.29, 0.717) is 0 Å². The maximum Gasteiger partial charge on any atom is 0.429 e. The first-order chi connectivity index (χ1) is 6.40. The lowest BCUT2D eigenvalue weighted by Crippen LogP contribution is -2.55. The molecule has 1 atom stereocenters. The summed E-state index contributed by atoms with van der Waals surface area (Å²) >= 11 is 0. The van der Waals surface area contributed by atoms with E-state index in [2.05, 4.69) is 4.74 Å². The average Bonchev–Trinajstić information content (AvgIpc) is 2.09. The van der Waals surface area contributed by atoms with E-state index >= 15 is 0 Å². The number of carboxylic acids is 1. The molecule has 0 spiro atoms. The Balaban J connectivity index is 3.38. The van der Waals surface area contributed by atoms with E-state index in [-0.39, 0.29) is 0 Å². The number of carbonyl (C=O) groups is 1. The highest BCUT2D eigenvalue weighted by atomic mass is 19.4. The van der Waals surface area contributed by atoms with Crippen molar-refractivity contribution < 1.29 is 45.4 Å². The van der Waals surface area contributed by atoms with Crippen molar-refractivity contribution in [3.63, 3.8) is 0 Å². The molecule has 88 valence electrons. The lowest BCUT2D eigenvalue weighted by atomic mass is 10.1. The third-order valence-electron chi connectivity index (χ3n) is 1.71. The second-order valence-corrected chi connectivity index (χ2v) is 2.67. The maximum absolute atomic E-state index is 12.7. The molecule has 0 unspecified atom stereocenters. The molecule has 0 radical (unpaired) electrons. The standard InChI is InChI=1S/C5HF7O3/c6-2(1(13)14)3(7,8)4(9,10)5(11,12)15-2/h(H,13,14)/t2-/m1/s1. The molecule has 1 heterocycles. The Bertz CT molecular complexity index is 314. The Labute approximate surface area is 76.4 Å². The quantitative estimate of drug-likeness (QED) is 0.711. The first kappa shape index (κ1) is 12.0. The Kier molecular flexibility index (Phi) is 2.04. The van der Waals surface area contributed by atoms with Gasteiger partial charge in [0.05, 0.1) is 0 Å². The number of hydrogen-bond donors (Lipinski definition) is 1. The van der Waals surface area contributed by atoms with Gasteiger partial charge in [-0.05, 0) is 0 Å². The molecule has 0 aliphatic carbocycles. The van der Waals surface area contributed by atoms with Crippen LogP contribution in [0.2, 0.25) is 0 Å². The molecule has 0 bridgehead atoms. The van der Waals surface area contributed by atoms with Crippen molar-refractivity contribution in [1.82, 2.24) is 0 Å². The number of carboxylic acid groups (broad SMARTS) is 1. The molecule has 1 aliphatic rings. The van der Waals surface area contributed by atoms with Gasteiger partial charge >= 0.3 is 29.8 Å². The van der Waals surface area contributed by atoms with Crippen LogP contribution in [0.15, 0.2) is 0 Å². The SMILES string of the molecule is O=C(O)[C@@]1(F)OC(F)(F)C(F)(F)C1(F)F. The van der Waals surface area contributed by atoms with Gasteiger partial charge in [0.25, 0.3) is 0 Å². The van der Waals surface area contributed by atoms with E-state index in [0.717, 1.165) is 0 Å². The van der Waals surface area contributed by atoms with E-state index in [1.807, 2.05) is 0 Å². The van der Waals surface area contributed by atoms with Gasteiger partial charge in [-0.15, -0.1) is 0 Å². The van der Waals surface area contributed by atoms with Crippen LogP contribution >= 0.6 is 0 Å². The first-order valence-electron chi connectivity index (χ1n) is 3.16. The zero-order valence-corrected chi connectivity index (χ0v) is 6.41. The van der Waals surface area contributed by atoms with E-state index in [1.165, 1.54) is 0 Å². The zero-order chi connectivity index (χ0) is 12.3. The highest BCUT2D eigenvalue weighted by molar-refractivity contribution is 5.78. The van der Waals surface area contributed by atoms with Gasteiger partial charge in [0.2, 0.25) is 0 Å². The lowest BCUT2D eigenvalue weighted by Gasteiger charge is -2.22. The Morgan fingerprint density at radius 3 is 1.47 bits per heavy atom. The Morgan fingerprint density at radius 2 is 1.33 bits per heavy atom. The summed E-state index contributed by atoms with van der Waals surface area (Å²) in [7, 11) is 0. The normalized spacial score (nSPS) is 36.5. The minimum absolute atomic E-state index is 2.33. The number of halogens is 7. The van der Waals surface area contributed by atoms with Crippen molar-refractivity contribution in [3.8, 4) is 0 Å². The molecule has 0 amide bonds. The minimum Gasteiger partial charge on any atom is -0.477 e.